The summed E-state index contributed by atoms with van der Waals surface area (Å²) in [4.78, 5) is 71.8. The minimum Gasteiger partial charge on any atom is -0.462 e. The Morgan fingerprint density at radius 2 is 1.18 bits per heavy atom. The summed E-state index contributed by atoms with van der Waals surface area (Å²) in [5, 5.41) is 0. The Bertz CT molecular complexity index is 1600. The van der Waals surface area contributed by atoms with Gasteiger partial charge in [-0.15, -0.1) is 0 Å². The average Bonchev–Trinajstić information content (AvgIpc) is 3.04. The second-order valence-corrected chi connectivity index (χ2v) is 15.5. The summed E-state index contributed by atoms with van der Waals surface area (Å²) in [6.07, 6.45) is -10.8. The predicted octanol–water partition coefficient (Wildman–Crippen LogP) is 3.79. The second-order valence-electron chi connectivity index (χ2n) is 11.2. The van der Waals surface area contributed by atoms with E-state index < -0.39 is 101 Å². The lowest BCUT2D eigenvalue weighted by atomic mass is 9.94. The minimum atomic E-state index is -4.90. The van der Waals surface area contributed by atoms with E-state index in [2.05, 4.69) is 0 Å². The van der Waals surface area contributed by atoms with Gasteiger partial charge in [0, 0.05) is 34.6 Å². The van der Waals surface area contributed by atoms with E-state index in [9.17, 15) is 38.0 Å². The van der Waals surface area contributed by atoms with E-state index >= 15 is 0 Å². The zero-order valence-corrected chi connectivity index (χ0v) is 30.2. The molecule has 19 heteroatoms. The molecule has 1 heterocycles. The van der Waals surface area contributed by atoms with E-state index in [-0.39, 0.29) is 6.61 Å². The van der Waals surface area contributed by atoms with Gasteiger partial charge in [0.15, 0.2) is 30.3 Å². The van der Waals surface area contributed by atoms with Gasteiger partial charge in [0.25, 0.3) is 0 Å². The molecule has 0 aromatic heterocycles. The number of hydrogen-bond acceptors (Lipinski definition) is 16. The Balaban J connectivity index is 2.11. The highest BCUT2D eigenvalue weighted by molar-refractivity contribution is 7.70. The van der Waals surface area contributed by atoms with Crippen LogP contribution >= 0.6 is 15.2 Å². The van der Waals surface area contributed by atoms with Crippen molar-refractivity contribution in [1.82, 2.24) is 0 Å². The van der Waals surface area contributed by atoms with Gasteiger partial charge in [-0.1, -0.05) is 60.7 Å². The molecule has 4 unspecified atom stereocenters. The molecule has 280 valence electrons. The number of esters is 5. The first-order valence-corrected chi connectivity index (χ1v) is 18.9. The number of ether oxygens (including phenoxy) is 6. The molecule has 0 radical (unpaired) electrons. The van der Waals surface area contributed by atoms with Crippen LogP contribution in [0, 0.1) is 0 Å². The Morgan fingerprint density at radius 1 is 0.686 bits per heavy atom. The van der Waals surface area contributed by atoms with Crippen molar-refractivity contribution in [2.24, 2.45) is 0 Å². The predicted molar refractivity (Wildman–Crippen MR) is 173 cm³/mol. The maximum absolute atomic E-state index is 14.5. The summed E-state index contributed by atoms with van der Waals surface area (Å²) in [6.45, 7) is 3.58. The van der Waals surface area contributed by atoms with Gasteiger partial charge in [-0.2, -0.15) is 0 Å². The third-order valence-corrected chi connectivity index (χ3v) is 11.1. The van der Waals surface area contributed by atoms with E-state index in [4.69, 9.17) is 42.0 Å². The first kappa shape index (κ1) is 41.5. The molecule has 17 nitrogen and oxygen atoms in total. The van der Waals surface area contributed by atoms with Crippen molar-refractivity contribution in [2.75, 3.05) is 12.5 Å². The van der Waals surface area contributed by atoms with Gasteiger partial charge in [-0.05, 0) is 11.1 Å². The molecule has 3 rings (SSSR count). The smallest absolute Gasteiger partial charge is 0.345 e. The zero-order valence-electron chi connectivity index (χ0n) is 28.4. The number of hydrogen-bond donors (Lipinski definition) is 1. The van der Waals surface area contributed by atoms with Crippen LogP contribution in [0.4, 0.5) is 0 Å². The average molecular weight is 759 g/mol. The summed E-state index contributed by atoms with van der Waals surface area (Å²) in [5.41, 5.74) is 0.994. The minimum absolute atomic E-state index is 0.357. The lowest BCUT2D eigenvalue weighted by Crippen LogP contribution is -2.65. The van der Waals surface area contributed by atoms with Crippen LogP contribution in [0.5, 0.6) is 0 Å². The first-order valence-electron chi connectivity index (χ1n) is 15.4. The Kier molecular flexibility index (Phi) is 15.5. The standard InChI is InChI=1S/C32H40O17P2/c1-20(33)41-18-27(44-21(2)34)28-29(45-22(3)35)30(46-23(4)36)31(47-24(5)37)32(48-28)49-51(40,43-17-26-14-10-7-11-15-26)19-50(38,39)42-16-25-12-8-6-9-13-25/h6-15,27-32H,16-19H2,1-5H3,(H,38,39)/t27?,28-,29-,30+,31+,32?,51?/m1/s1. The molecule has 0 bridgehead atoms. The molecule has 1 fully saturated rings. The maximum Gasteiger partial charge on any atom is 0.345 e. The van der Waals surface area contributed by atoms with Crippen LogP contribution in [0.15, 0.2) is 60.7 Å². The molecule has 51 heavy (non-hydrogen) atoms. The van der Waals surface area contributed by atoms with Gasteiger partial charge >= 0.3 is 45.0 Å². The molecular formula is C32H40O17P2. The van der Waals surface area contributed by atoms with Crippen LogP contribution in [0.1, 0.15) is 45.7 Å². The summed E-state index contributed by atoms with van der Waals surface area (Å²) in [5.74, 6) is -5.88. The summed E-state index contributed by atoms with van der Waals surface area (Å²) < 4.78 is 77.3. The van der Waals surface area contributed by atoms with E-state index in [0.29, 0.717) is 11.1 Å². The molecule has 1 aliphatic rings. The number of rotatable bonds is 17. The van der Waals surface area contributed by atoms with Crippen LogP contribution < -0.4 is 0 Å². The fourth-order valence-electron chi connectivity index (χ4n) is 4.82. The lowest BCUT2D eigenvalue weighted by Gasteiger charge is -2.46. The Hall–Kier alpha value is -3.95. The van der Waals surface area contributed by atoms with Gasteiger partial charge in [0.2, 0.25) is 6.29 Å². The van der Waals surface area contributed by atoms with Crippen LogP contribution in [0.25, 0.3) is 0 Å². The van der Waals surface area contributed by atoms with E-state index in [1.807, 2.05) is 0 Å². The van der Waals surface area contributed by atoms with Gasteiger partial charge in [0.05, 0.1) is 13.2 Å². The summed E-state index contributed by atoms with van der Waals surface area (Å²) in [7, 11) is -9.71. The topological polar surface area (TPSA) is 223 Å². The van der Waals surface area contributed by atoms with Crippen molar-refractivity contribution in [3.63, 3.8) is 0 Å². The molecule has 8 atom stereocenters. The van der Waals surface area contributed by atoms with Crippen molar-refractivity contribution >= 4 is 45.0 Å². The van der Waals surface area contributed by atoms with Crippen LogP contribution in [-0.2, 0) is 88.3 Å². The molecule has 2 aromatic rings. The van der Waals surface area contributed by atoms with Crippen molar-refractivity contribution < 1.29 is 80.0 Å². The highest BCUT2D eigenvalue weighted by Gasteiger charge is 2.57. The van der Waals surface area contributed by atoms with Crippen molar-refractivity contribution in [2.45, 2.75) is 84.6 Å². The van der Waals surface area contributed by atoms with Crippen LogP contribution in [0.2, 0.25) is 0 Å². The molecule has 0 saturated carbocycles. The highest BCUT2D eigenvalue weighted by atomic mass is 31.2. The fraction of sp³-hybridized carbons (Fsp3) is 0.469. The second kappa shape index (κ2) is 19.0. The SMILES string of the molecule is CC(=O)OCC(OC(C)=O)[C@H]1OC(OP(=O)(CP(=O)(O)OCc2ccccc2)OCc2ccccc2)[C@@H](OC(C)=O)[C@@H](OC(C)=O)[C@@H]1OC(C)=O. The van der Waals surface area contributed by atoms with Gasteiger partial charge in [-0.25, -0.2) is 0 Å². The van der Waals surface area contributed by atoms with Crippen molar-refractivity contribution in [3.8, 4) is 0 Å². The summed E-state index contributed by atoms with van der Waals surface area (Å²) >= 11 is 0. The van der Waals surface area contributed by atoms with E-state index in [1.54, 1.807) is 60.7 Å². The quantitative estimate of drug-likeness (QED) is 0.138. The monoisotopic (exact) mass is 758 g/mol. The zero-order chi connectivity index (χ0) is 37.8. The third kappa shape index (κ3) is 13.9. The first-order chi connectivity index (χ1) is 24.0. The fourth-order valence-corrected chi connectivity index (χ4v) is 8.73. The normalized spacial score (nSPS) is 23.0. The molecule has 0 aliphatic carbocycles. The van der Waals surface area contributed by atoms with E-state index in [0.717, 1.165) is 34.6 Å². The van der Waals surface area contributed by atoms with Gasteiger partial charge in [-0.3, -0.25) is 37.6 Å². The Morgan fingerprint density at radius 3 is 1.67 bits per heavy atom. The van der Waals surface area contributed by atoms with Crippen LogP contribution in [-0.4, -0.2) is 84.1 Å². The van der Waals surface area contributed by atoms with Crippen molar-refractivity contribution in [1.29, 1.82) is 0 Å². The third-order valence-electron chi connectivity index (χ3n) is 6.73. The van der Waals surface area contributed by atoms with Crippen LogP contribution in [0.3, 0.4) is 0 Å². The molecule has 0 spiro atoms. The molecule has 2 aromatic carbocycles. The molecule has 0 amide bonds. The molecule has 1 aliphatic heterocycles. The number of carbonyl (C=O) groups is 5. The van der Waals surface area contributed by atoms with Gasteiger partial charge < -0.3 is 42.4 Å². The lowest BCUT2D eigenvalue weighted by molar-refractivity contribution is -0.300. The van der Waals surface area contributed by atoms with Gasteiger partial charge in [0.1, 0.15) is 12.7 Å². The largest absolute Gasteiger partial charge is 0.462 e. The Labute approximate surface area is 293 Å². The van der Waals surface area contributed by atoms with Crippen molar-refractivity contribution in [3.05, 3.63) is 71.8 Å². The molecule has 1 N–H and O–H groups in total. The molecule has 1 saturated heterocycles. The summed E-state index contributed by atoms with van der Waals surface area (Å²) in [6, 6.07) is 16.6. The van der Waals surface area contributed by atoms with E-state index in [1.165, 1.54) is 0 Å². The molecular weight excluding hydrogens is 718 g/mol. The number of carbonyl (C=O) groups excluding carboxylic acids is 5. The highest BCUT2D eigenvalue weighted by Crippen LogP contribution is 2.63. The number of benzene rings is 2. The maximum atomic E-state index is 14.5.